The summed E-state index contributed by atoms with van der Waals surface area (Å²) in [7, 11) is 0. The van der Waals surface area contributed by atoms with Crippen molar-refractivity contribution in [1.82, 2.24) is 0 Å². The van der Waals surface area contributed by atoms with Gasteiger partial charge in [-0.05, 0) is 42.0 Å². The zero-order valence-corrected chi connectivity index (χ0v) is 13.0. The molecule has 5 heteroatoms. The molecule has 108 valence electrons. The molecule has 1 N–H and O–H groups in total. The molecule has 0 saturated heterocycles. The van der Waals surface area contributed by atoms with Gasteiger partial charge in [0.25, 0.3) is 0 Å². The maximum atomic E-state index is 11.8. The summed E-state index contributed by atoms with van der Waals surface area (Å²) >= 11 is 3.32. The van der Waals surface area contributed by atoms with Gasteiger partial charge in [0, 0.05) is 17.1 Å². The summed E-state index contributed by atoms with van der Waals surface area (Å²) in [5.74, 6) is 0.0556. The van der Waals surface area contributed by atoms with Crippen LogP contribution < -0.4 is 10.1 Å². The molecule has 0 aromatic heterocycles. The fraction of sp³-hybridized carbons (Fsp3) is 0.125. The van der Waals surface area contributed by atoms with Crippen LogP contribution in [0.1, 0.15) is 12.5 Å². The van der Waals surface area contributed by atoms with Gasteiger partial charge in [-0.15, -0.1) is 0 Å². The summed E-state index contributed by atoms with van der Waals surface area (Å²) in [4.78, 5) is 22.7. The molecule has 0 radical (unpaired) electrons. The molecule has 21 heavy (non-hydrogen) atoms. The van der Waals surface area contributed by atoms with Gasteiger partial charge in [-0.3, -0.25) is 9.59 Å². The Balaban J connectivity index is 1.93. The summed E-state index contributed by atoms with van der Waals surface area (Å²) in [6.45, 7) is 1.45. The third kappa shape index (κ3) is 5.04. The molecular formula is C16H14BrNO3. The van der Waals surface area contributed by atoms with Gasteiger partial charge in [-0.2, -0.15) is 0 Å². The van der Waals surface area contributed by atoms with E-state index >= 15 is 0 Å². The Bertz CT molecular complexity index is 636. The van der Waals surface area contributed by atoms with Gasteiger partial charge in [0.2, 0.25) is 5.91 Å². The lowest BCUT2D eigenvalue weighted by Gasteiger charge is -2.06. The van der Waals surface area contributed by atoms with Gasteiger partial charge in [0.05, 0.1) is 6.42 Å². The van der Waals surface area contributed by atoms with Gasteiger partial charge in [0.1, 0.15) is 5.75 Å². The largest absolute Gasteiger partial charge is 0.426 e. The molecule has 0 atom stereocenters. The highest BCUT2D eigenvalue weighted by Gasteiger charge is 2.07. The van der Waals surface area contributed by atoms with Gasteiger partial charge < -0.3 is 10.1 Å². The molecule has 0 aliphatic rings. The van der Waals surface area contributed by atoms with Crippen LogP contribution in [-0.2, 0) is 16.0 Å². The lowest BCUT2D eigenvalue weighted by atomic mass is 10.1. The number of carbonyl (C=O) groups excluding carboxylic acids is 2. The van der Waals surface area contributed by atoms with E-state index in [1.807, 2.05) is 12.1 Å². The first kappa shape index (κ1) is 15.3. The van der Waals surface area contributed by atoms with Crippen LogP contribution in [0, 0.1) is 0 Å². The highest BCUT2D eigenvalue weighted by Crippen LogP contribution is 2.17. The van der Waals surface area contributed by atoms with E-state index in [4.69, 9.17) is 4.74 Å². The normalized spacial score (nSPS) is 10.0. The van der Waals surface area contributed by atoms with Crippen LogP contribution in [0.4, 0.5) is 5.69 Å². The summed E-state index contributed by atoms with van der Waals surface area (Å²) in [6, 6.07) is 14.1. The third-order valence-corrected chi connectivity index (χ3v) is 3.20. The van der Waals surface area contributed by atoms with Crippen LogP contribution in [0.3, 0.4) is 0 Å². The van der Waals surface area contributed by atoms with Crippen LogP contribution in [0.5, 0.6) is 5.75 Å². The first-order valence-corrected chi connectivity index (χ1v) is 7.15. The molecule has 2 aromatic rings. The molecule has 2 rings (SSSR count). The average molecular weight is 348 g/mol. The Morgan fingerprint density at radius 2 is 1.67 bits per heavy atom. The van der Waals surface area contributed by atoms with E-state index in [1.54, 1.807) is 36.4 Å². The molecule has 0 bridgehead atoms. The monoisotopic (exact) mass is 347 g/mol. The summed E-state index contributed by atoms with van der Waals surface area (Å²) in [5.41, 5.74) is 1.53. The third-order valence-electron chi connectivity index (χ3n) is 2.67. The van der Waals surface area contributed by atoms with Crippen LogP contribution in [-0.4, -0.2) is 11.9 Å². The highest BCUT2D eigenvalue weighted by atomic mass is 79.9. The highest BCUT2D eigenvalue weighted by molar-refractivity contribution is 9.10. The molecule has 0 unspecified atom stereocenters. The number of ether oxygens (including phenoxy) is 1. The molecule has 0 saturated carbocycles. The predicted molar refractivity (Wildman–Crippen MR) is 84.2 cm³/mol. The molecular weight excluding hydrogens is 334 g/mol. The number of amides is 1. The quantitative estimate of drug-likeness (QED) is 0.679. The van der Waals surface area contributed by atoms with Gasteiger partial charge in [0.15, 0.2) is 0 Å². The van der Waals surface area contributed by atoms with Crippen LogP contribution in [0.15, 0.2) is 53.0 Å². The van der Waals surface area contributed by atoms with E-state index in [9.17, 15) is 9.59 Å². The minimum atomic E-state index is -0.329. The predicted octanol–water partition coefficient (Wildman–Crippen LogP) is 3.56. The number of carbonyl (C=O) groups is 2. The van der Waals surface area contributed by atoms with Crippen molar-refractivity contribution in [1.29, 1.82) is 0 Å². The van der Waals surface area contributed by atoms with E-state index in [-0.39, 0.29) is 18.3 Å². The SMILES string of the molecule is CC(=O)Nc1ccc(CC(=O)Oc2ccc(Br)cc2)cc1. The Kier molecular flexibility index (Phi) is 5.11. The van der Waals surface area contributed by atoms with Crippen molar-refractivity contribution in [3.8, 4) is 5.75 Å². The van der Waals surface area contributed by atoms with Crippen molar-refractivity contribution in [2.24, 2.45) is 0 Å². The number of benzene rings is 2. The van der Waals surface area contributed by atoms with Crippen molar-refractivity contribution in [3.63, 3.8) is 0 Å². The molecule has 4 nitrogen and oxygen atoms in total. The Hall–Kier alpha value is -2.14. The van der Waals surface area contributed by atoms with Gasteiger partial charge >= 0.3 is 5.97 Å². The molecule has 1 amide bonds. The van der Waals surface area contributed by atoms with Crippen LogP contribution in [0.2, 0.25) is 0 Å². The summed E-state index contributed by atoms with van der Waals surface area (Å²) in [6.07, 6.45) is 0.177. The number of halogens is 1. The number of rotatable bonds is 4. The van der Waals surface area contributed by atoms with Crippen molar-refractivity contribution >= 4 is 33.5 Å². The minimum absolute atomic E-state index is 0.127. The first-order chi connectivity index (χ1) is 10.0. The second-order valence-electron chi connectivity index (χ2n) is 4.48. The second-order valence-corrected chi connectivity index (χ2v) is 5.40. The van der Waals surface area contributed by atoms with E-state index in [2.05, 4.69) is 21.2 Å². The van der Waals surface area contributed by atoms with Crippen molar-refractivity contribution < 1.29 is 14.3 Å². The standard InChI is InChI=1S/C16H14BrNO3/c1-11(19)18-14-6-2-12(3-7-14)10-16(20)21-15-8-4-13(17)5-9-15/h2-9H,10H2,1H3,(H,18,19). The number of anilines is 1. The van der Waals surface area contributed by atoms with Crippen molar-refractivity contribution in [2.45, 2.75) is 13.3 Å². The summed E-state index contributed by atoms with van der Waals surface area (Å²) in [5, 5.41) is 2.67. The van der Waals surface area contributed by atoms with Crippen molar-refractivity contribution in [3.05, 3.63) is 58.6 Å². The maximum absolute atomic E-state index is 11.8. The topological polar surface area (TPSA) is 55.4 Å². The van der Waals surface area contributed by atoms with E-state index < -0.39 is 0 Å². The zero-order chi connectivity index (χ0) is 15.2. The lowest BCUT2D eigenvalue weighted by molar-refractivity contribution is -0.133. The number of hydrogen-bond acceptors (Lipinski definition) is 3. The fourth-order valence-electron chi connectivity index (χ4n) is 1.75. The van der Waals surface area contributed by atoms with Crippen LogP contribution >= 0.6 is 15.9 Å². The smallest absolute Gasteiger partial charge is 0.315 e. The fourth-order valence-corrected chi connectivity index (χ4v) is 2.01. The Morgan fingerprint density at radius 1 is 1.05 bits per heavy atom. The van der Waals surface area contributed by atoms with Crippen LogP contribution in [0.25, 0.3) is 0 Å². The Labute approximate surface area is 131 Å². The number of nitrogens with one attached hydrogen (secondary N) is 1. The average Bonchev–Trinajstić information content (AvgIpc) is 2.43. The molecule has 2 aromatic carbocycles. The number of esters is 1. The Morgan fingerprint density at radius 3 is 2.24 bits per heavy atom. The van der Waals surface area contributed by atoms with E-state index in [0.29, 0.717) is 11.4 Å². The van der Waals surface area contributed by atoms with E-state index in [0.717, 1.165) is 10.0 Å². The lowest BCUT2D eigenvalue weighted by Crippen LogP contribution is -2.11. The minimum Gasteiger partial charge on any atom is -0.426 e. The van der Waals surface area contributed by atoms with E-state index in [1.165, 1.54) is 6.92 Å². The summed E-state index contributed by atoms with van der Waals surface area (Å²) < 4.78 is 6.17. The van der Waals surface area contributed by atoms with Crippen molar-refractivity contribution in [2.75, 3.05) is 5.32 Å². The first-order valence-electron chi connectivity index (χ1n) is 6.36. The molecule has 0 fully saturated rings. The number of hydrogen-bond donors (Lipinski definition) is 1. The second kappa shape index (κ2) is 7.04. The van der Waals surface area contributed by atoms with Gasteiger partial charge in [-0.25, -0.2) is 0 Å². The maximum Gasteiger partial charge on any atom is 0.315 e. The molecule has 0 aliphatic heterocycles. The molecule has 0 spiro atoms. The zero-order valence-electron chi connectivity index (χ0n) is 11.4. The molecule has 0 aliphatic carbocycles. The van der Waals surface area contributed by atoms with Gasteiger partial charge in [-0.1, -0.05) is 28.1 Å². The molecule has 0 heterocycles.